The average Bonchev–Trinajstić information content (AvgIpc) is 0.860. The molecule has 18 aromatic rings. The summed E-state index contributed by atoms with van der Waals surface area (Å²) in [6.07, 6.45) is 34.7. The van der Waals surface area contributed by atoms with Gasteiger partial charge in [-0.2, -0.15) is 25.0 Å². The molecular formula is C91H86F7N31O7. The summed E-state index contributed by atoms with van der Waals surface area (Å²) in [5.74, 6) is -4.83. The van der Waals surface area contributed by atoms with Gasteiger partial charge in [0.15, 0.2) is 86.2 Å². The molecule has 0 spiro atoms. The Bertz CT molecular complexity index is 7340. The van der Waals surface area contributed by atoms with Gasteiger partial charge in [-0.1, -0.05) is 0 Å². The number of ether oxygens (including phenoxy) is 6. The molecule has 0 unspecified atom stereocenters. The van der Waals surface area contributed by atoms with E-state index in [9.17, 15) is 4.79 Å². The first-order valence-corrected chi connectivity index (χ1v) is 41.7. The maximum absolute atomic E-state index is 15.5. The van der Waals surface area contributed by atoms with E-state index in [1.807, 2.05) is 90.2 Å². The highest BCUT2D eigenvalue weighted by Gasteiger charge is 2.35. The van der Waals surface area contributed by atoms with E-state index < -0.39 is 52.1 Å². The number of imidazole rings is 2. The van der Waals surface area contributed by atoms with Crippen molar-refractivity contribution in [3.63, 3.8) is 0 Å². The van der Waals surface area contributed by atoms with Crippen LogP contribution in [0.25, 0.3) is 89.7 Å². The zero-order valence-electron chi connectivity index (χ0n) is 75.3. The zero-order valence-corrected chi connectivity index (χ0v) is 75.3. The van der Waals surface area contributed by atoms with Crippen LogP contribution in [-0.4, -0.2) is 204 Å². The number of nitrogens with zero attached hydrogens (tertiary/aromatic N) is 27. The predicted molar refractivity (Wildman–Crippen MR) is 488 cm³/mol. The van der Waals surface area contributed by atoms with Crippen molar-refractivity contribution in [2.75, 3.05) is 88.9 Å². The smallest absolute Gasteiger partial charge is 0.232 e. The zero-order chi connectivity index (χ0) is 95.7. The number of amides is 1. The van der Waals surface area contributed by atoms with Crippen molar-refractivity contribution >= 4 is 97.1 Å². The molecule has 45 heteroatoms. The number of H-pyrrole nitrogens is 2. The lowest BCUT2D eigenvalue weighted by atomic mass is 10.1. The molecule has 19 rings (SSSR count). The van der Waals surface area contributed by atoms with Crippen LogP contribution in [0.15, 0.2) is 172 Å². The quantitative estimate of drug-likeness (QED) is 0.0347. The molecule has 14 aromatic heterocycles. The maximum Gasteiger partial charge on any atom is 0.232 e. The van der Waals surface area contributed by atoms with E-state index in [2.05, 4.69) is 115 Å². The second kappa shape index (κ2) is 40.4. The summed E-state index contributed by atoms with van der Waals surface area (Å²) < 4.78 is 146. The van der Waals surface area contributed by atoms with Crippen LogP contribution < -0.4 is 58.7 Å². The lowest BCUT2D eigenvalue weighted by molar-refractivity contribution is -0.119. The number of hydrogen-bond donors (Lipinski definition) is 4. The molecule has 1 aliphatic rings. The number of likely N-dealkylation sites (N-methyl/N-ethyl adjacent to an activating group) is 1. The Balaban J connectivity index is 0.000000132. The first-order chi connectivity index (χ1) is 65.8. The van der Waals surface area contributed by atoms with Gasteiger partial charge in [0, 0.05) is 169 Å². The molecule has 0 bridgehead atoms. The van der Waals surface area contributed by atoms with Gasteiger partial charge in [0.25, 0.3) is 0 Å². The van der Waals surface area contributed by atoms with Crippen molar-refractivity contribution in [2.24, 2.45) is 28.2 Å². The number of aromatic amines is 2. The monoisotopic (exact) mass is 1860 g/mol. The molecular weight excluding hydrogens is 1770 g/mol. The third-order valence-electron chi connectivity index (χ3n) is 21.5. The largest absolute Gasteiger partial charge is 0.497 e. The summed E-state index contributed by atoms with van der Waals surface area (Å²) in [5.41, 5.74) is 8.66. The van der Waals surface area contributed by atoms with Crippen LogP contribution in [0.4, 0.5) is 77.3 Å². The normalized spacial score (nSPS) is 12.2. The lowest BCUT2D eigenvalue weighted by Crippen LogP contribution is -2.38. The van der Waals surface area contributed by atoms with E-state index in [0.717, 1.165) is 34.4 Å². The Morgan fingerprint density at radius 3 is 1.18 bits per heavy atom. The van der Waals surface area contributed by atoms with Crippen molar-refractivity contribution < 1.29 is 63.9 Å². The third-order valence-corrected chi connectivity index (χ3v) is 21.5. The second-order valence-corrected chi connectivity index (χ2v) is 30.7. The standard InChI is InChI=1S/C23H22F2N8O3.C23H20F2N8O2.C23H21FN8O.C22H23F2N7O/c1-32-10-12(7-28-32)14-8-26-15-9-27-23(31-22(15)30-14)33(11-13-4-5-18(34)29-13)21-19(24)16(35-2)6-17(36-3)20(21)25;1-32-7-4-13(11-32)14-9-28-15-10-29-23(31-22(15)30-14)33(12-18-26-5-6-27-18)21-19(24)16(34-2)8-17(35-3)20(21)25;1-14-8-16(33-3)9-19(21(14)24)32(13-20-25-5-6-26-20)23-28-11-18-22(30-23)29-17(10-27-18)15-4-7-31(2)12-15;1-13-9-17(32-4)19(24)20(18(13)23)31(8-6-25-2)22-27-11-16-21(29-22)28-15(10-26-16)14-5-7-30(3)12-14/h6-10,13H,4-5,11H2,1-3H3,(H,29,34);4-11H,12H2,1-3H3,(H,26,27);4-12H,13H2,1-3H3,(H,25,26);5,7,9-12,25H,6,8H2,1-4H3/t13-;;;/m0.../s1. The van der Waals surface area contributed by atoms with E-state index in [1.54, 1.807) is 119 Å². The Kier molecular flexibility index (Phi) is 27.4. The molecule has 1 fully saturated rings. The number of anilines is 8. The minimum Gasteiger partial charge on any atom is -0.497 e. The fourth-order valence-corrected chi connectivity index (χ4v) is 14.6. The van der Waals surface area contributed by atoms with Crippen LogP contribution in [0.5, 0.6) is 34.5 Å². The summed E-state index contributed by atoms with van der Waals surface area (Å²) in [6, 6.07) is 12.2. The van der Waals surface area contributed by atoms with Crippen LogP contribution in [0.3, 0.4) is 0 Å². The predicted octanol–water partition coefficient (Wildman–Crippen LogP) is 13.6. The minimum atomic E-state index is -0.959. The number of nitrogens with one attached hydrogen (secondary N) is 4. The van der Waals surface area contributed by atoms with Crippen LogP contribution >= 0.6 is 0 Å². The second-order valence-electron chi connectivity index (χ2n) is 30.7. The Hall–Kier alpha value is -17.0. The molecule has 15 heterocycles. The van der Waals surface area contributed by atoms with E-state index in [0.29, 0.717) is 98.5 Å². The number of methoxy groups -OCH3 is 6. The Morgan fingerprint density at radius 1 is 0.419 bits per heavy atom. The molecule has 696 valence electrons. The van der Waals surface area contributed by atoms with Gasteiger partial charge < -0.3 is 72.5 Å². The topological polar surface area (TPSA) is 406 Å². The number of halogens is 7. The molecule has 1 aliphatic heterocycles. The Morgan fingerprint density at radius 2 is 0.809 bits per heavy atom. The number of carbonyl (C=O) groups is 1. The summed E-state index contributed by atoms with van der Waals surface area (Å²) >= 11 is 0. The summed E-state index contributed by atoms with van der Waals surface area (Å²) in [4.78, 5) is 103. The van der Waals surface area contributed by atoms with Gasteiger partial charge >= 0.3 is 0 Å². The van der Waals surface area contributed by atoms with Crippen molar-refractivity contribution in [1.82, 2.24) is 134 Å². The van der Waals surface area contributed by atoms with Crippen LogP contribution in [0, 0.1) is 54.6 Å². The minimum absolute atomic E-state index is 0.00284. The van der Waals surface area contributed by atoms with E-state index in [4.69, 9.17) is 28.4 Å². The summed E-state index contributed by atoms with van der Waals surface area (Å²) in [7, 11) is 17.3. The van der Waals surface area contributed by atoms with Gasteiger partial charge in [0.1, 0.15) is 62.3 Å². The van der Waals surface area contributed by atoms with Crippen molar-refractivity contribution in [3.05, 3.63) is 236 Å². The van der Waals surface area contributed by atoms with E-state index >= 15 is 30.7 Å². The molecule has 1 saturated heterocycles. The molecule has 0 saturated carbocycles. The highest BCUT2D eigenvalue weighted by molar-refractivity contribution is 5.82. The summed E-state index contributed by atoms with van der Waals surface area (Å²) in [6.45, 7) is 4.03. The third kappa shape index (κ3) is 19.8. The Labute approximate surface area is 769 Å². The molecule has 4 aromatic carbocycles. The van der Waals surface area contributed by atoms with Crippen molar-refractivity contribution in [2.45, 2.75) is 45.8 Å². The van der Waals surface area contributed by atoms with Gasteiger partial charge in [-0.25, -0.2) is 101 Å². The van der Waals surface area contributed by atoms with Gasteiger partial charge in [0.2, 0.25) is 29.7 Å². The molecule has 38 nitrogen and oxygen atoms in total. The molecule has 0 aliphatic carbocycles. The maximum atomic E-state index is 15.5. The van der Waals surface area contributed by atoms with Crippen LogP contribution in [0.2, 0.25) is 0 Å². The van der Waals surface area contributed by atoms with Gasteiger partial charge in [-0.05, 0) is 68.8 Å². The van der Waals surface area contributed by atoms with E-state index in [1.165, 1.54) is 81.1 Å². The molecule has 136 heavy (non-hydrogen) atoms. The fourth-order valence-electron chi connectivity index (χ4n) is 14.6. The van der Waals surface area contributed by atoms with Crippen molar-refractivity contribution in [3.8, 4) is 79.5 Å². The number of fused-ring (bicyclic) bond motifs is 4. The lowest BCUT2D eigenvalue weighted by Gasteiger charge is -2.27. The van der Waals surface area contributed by atoms with Gasteiger partial charge in [-0.3, -0.25) is 19.3 Å². The van der Waals surface area contributed by atoms with Crippen molar-refractivity contribution in [1.29, 1.82) is 0 Å². The number of carbonyl (C=O) groups excluding carboxylic acids is 1. The van der Waals surface area contributed by atoms with Crippen LogP contribution in [0.1, 0.15) is 35.6 Å². The first-order valence-electron chi connectivity index (χ1n) is 41.7. The first kappa shape index (κ1) is 92.2. The molecule has 1 amide bonds. The fraction of sp³-hybridized carbons (Fsp3) is 0.231. The molecule has 4 N–H and O–H groups in total. The highest BCUT2D eigenvalue weighted by Crippen LogP contribution is 2.44. The average molecular weight is 1860 g/mol. The SMILES string of the molecule is CNCCN(c1ncc2ncc(-c3ccn(C)c3)nc2n1)c1c(F)c(C)cc(OC)c1F.COc1cc(C)c(F)c(N(Cc2ncc[nH]2)c2ncc3ncc(-c4ccn(C)c4)nc3n2)c1.COc1cc(OC)c(F)c(N(C[C@@H]2CCC(=O)N2)c2ncc3ncc(-c4cnn(C)c4)nc3n2)c1F.COc1cc(OC)c(F)c(N(Cc2ncc[nH]2)c2ncc3ncc(-c4ccn(C)c4)nc3n2)c1F. The van der Waals surface area contributed by atoms with Gasteiger partial charge in [0.05, 0.1) is 140 Å². The number of rotatable bonds is 27. The number of aryl methyl sites for hydroxylation is 6. The number of aromatic nitrogens is 25. The summed E-state index contributed by atoms with van der Waals surface area (Å²) in [5, 5.41) is 9.94. The highest BCUT2D eigenvalue weighted by atomic mass is 19.2. The molecule has 1 atom stereocenters. The van der Waals surface area contributed by atoms with E-state index in [-0.39, 0.29) is 119 Å². The molecule has 0 radical (unpaired) electrons. The van der Waals surface area contributed by atoms with Gasteiger partial charge in [-0.15, -0.1) is 0 Å². The number of hydrogen-bond acceptors (Lipinski definition) is 31. The van der Waals surface area contributed by atoms with Crippen LogP contribution in [-0.2, 0) is 46.1 Å². The number of benzene rings is 4.